The van der Waals surface area contributed by atoms with Crippen LogP contribution in [-0.4, -0.2) is 32.7 Å². The van der Waals surface area contributed by atoms with Crippen molar-refractivity contribution in [2.75, 3.05) is 7.05 Å². The number of amides is 1. The van der Waals surface area contributed by atoms with Gasteiger partial charge < -0.3 is 4.90 Å². The maximum Gasteiger partial charge on any atom is 0.274 e. The zero-order valence-electron chi connectivity index (χ0n) is 11.1. The fourth-order valence-electron chi connectivity index (χ4n) is 1.73. The minimum absolute atomic E-state index is 0.0743. The van der Waals surface area contributed by atoms with E-state index in [2.05, 4.69) is 9.97 Å². The van der Waals surface area contributed by atoms with Crippen molar-refractivity contribution in [3.05, 3.63) is 63.2 Å². The molecule has 0 saturated heterocycles. The smallest absolute Gasteiger partial charge is 0.274 e. The van der Waals surface area contributed by atoms with Crippen molar-refractivity contribution < 1.29 is 9.72 Å². The number of hydrogen-bond donors (Lipinski definition) is 0. The molecule has 0 aliphatic carbocycles. The van der Waals surface area contributed by atoms with Gasteiger partial charge in [0.15, 0.2) is 0 Å². The first-order valence-corrected chi connectivity index (χ1v) is 6.31. The molecule has 1 amide bonds. The number of carbonyl (C=O) groups is 1. The summed E-state index contributed by atoms with van der Waals surface area (Å²) in [5, 5.41) is 11.1. The lowest BCUT2D eigenvalue weighted by atomic mass is 10.2. The van der Waals surface area contributed by atoms with Gasteiger partial charge in [-0.15, -0.1) is 0 Å². The maximum atomic E-state index is 12.1. The monoisotopic (exact) mass is 306 g/mol. The highest BCUT2D eigenvalue weighted by atomic mass is 35.5. The molecule has 0 aliphatic heterocycles. The minimum Gasteiger partial charge on any atom is -0.336 e. The molecule has 0 aliphatic rings. The summed E-state index contributed by atoms with van der Waals surface area (Å²) in [6.45, 7) is 0.135. The molecule has 1 heterocycles. The average Bonchev–Trinajstić information content (AvgIpc) is 2.49. The van der Waals surface area contributed by atoms with E-state index in [1.54, 1.807) is 7.05 Å². The highest BCUT2D eigenvalue weighted by Crippen LogP contribution is 2.23. The van der Waals surface area contributed by atoms with Crippen LogP contribution < -0.4 is 0 Å². The van der Waals surface area contributed by atoms with Crippen LogP contribution in [0.2, 0.25) is 5.02 Å². The van der Waals surface area contributed by atoms with Crippen molar-refractivity contribution in [2.24, 2.45) is 0 Å². The summed E-state index contributed by atoms with van der Waals surface area (Å²) in [6.07, 6.45) is 4.24. The molecule has 0 N–H and O–H groups in total. The van der Waals surface area contributed by atoms with Gasteiger partial charge in [0.05, 0.1) is 11.1 Å². The Hall–Kier alpha value is -2.54. The van der Waals surface area contributed by atoms with Gasteiger partial charge in [-0.3, -0.25) is 19.9 Å². The van der Waals surface area contributed by atoms with Crippen molar-refractivity contribution >= 4 is 23.2 Å². The van der Waals surface area contributed by atoms with E-state index in [1.807, 2.05) is 0 Å². The summed E-state index contributed by atoms with van der Waals surface area (Å²) < 4.78 is 0. The van der Waals surface area contributed by atoms with Crippen LogP contribution in [-0.2, 0) is 6.54 Å². The Balaban J connectivity index is 2.19. The van der Waals surface area contributed by atoms with Gasteiger partial charge in [-0.25, -0.2) is 4.98 Å². The van der Waals surface area contributed by atoms with Gasteiger partial charge in [0.25, 0.3) is 11.6 Å². The van der Waals surface area contributed by atoms with Crippen LogP contribution in [0.1, 0.15) is 16.1 Å². The second-order valence-corrected chi connectivity index (χ2v) is 4.69. The number of aromatic nitrogens is 2. The van der Waals surface area contributed by atoms with E-state index in [0.717, 1.165) is 0 Å². The lowest BCUT2D eigenvalue weighted by Gasteiger charge is -2.17. The van der Waals surface area contributed by atoms with E-state index in [0.29, 0.717) is 10.6 Å². The van der Waals surface area contributed by atoms with Crippen molar-refractivity contribution in [1.82, 2.24) is 14.9 Å². The molecule has 0 radical (unpaired) electrons. The van der Waals surface area contributed by atoms with Gasteiger partial charge >= 0.3 is 0 Å². The van der Waals surface area contributed by atoms with E-state index >= 15 is 0 Å². The number of benzene rings is 1. The Bertz CT molecular complexity index is 678. The molecule has 108 valence electrons. The number of carbonyl (C=O) groups excluding carboxylic acids is 1. The van der Waals surface area contributed by atoms with Crippen molar-refractivity contribution in [3.63, 3.8) is 0 Å². The normalized spacial score (nSPS) is 10.2. The molecule has 21 heavy (non-hydrogen) atoms. The predicted molar refractivity (Wildman–Crippen MR) is 75.9 cm³/mol. The molecule has 8 heteroatoms. The van der Waals surface area contributed by atoms with Gasteiger partial charge in [-0.05, 0) is 11.6 Å². The Morgan fingerprint density at radius 3 is 2.81 bits per heavy atom. The molecule has 1 aromatic carbocycles. The largest absolute Gasteiger partial charge is 0.336 e. The predicted octanol–water partition coefficient (Wildman–Crippen LogP) is 2.31. The van der Waals surface area contributed by atoms with Gasteiger partial charge in [0.2, 0.25) is 0 Å². The van der Waals surface area contributed by atoms with Crippen LogP contribution in [0.15, 0.2) is 36.8 Å². The van der Waals surface area contributed by atoms with Crippen LogP contribution in [0, 0.1) is 10.1 Å². The number of nitrogens with zero attached hydrogens (tertiary/aromatic N) is 4. The second-order valence-electron chi connectivity index (χ2n) is 4.28. The Kier molecular flexibility index (Phi) is 4.44. The van der Waals surface area contributed by atoms with Gasteiger partial charge in [-0.1, -0.05) is 11.6 Å². The second kappa shape index (κ2) is 6.27. The Labute approximate surface area is 125 Å². The molecule has 2 aromatic rings. The number of rotatable bonds is 4. The third kappa shape index (κ3) is 3.51. The van der Waals surface area contributed by atoms with Crippen molar-refractivity contribution in [3.8, 4) is 0 Å². The SMILES string of the molecule is CN(Cc1cc([N+](=O)[O-])ccc1Cl)C(=O)c1cnccn1. The molecule has 0 saturated carbocycles. The molecule has 0 fully saturated rings. The number of halogens is 1. The Morgan fingerprint density at radius 2 is 2.19 bits per heavy atom. The zero-order chi connectivity index (χ0) is 15.4. The van der Waals surface area contributed by atoms with Crippen LogP contribution in [0.5, 0.6) is 0 Å². The number of non-ortho nitro benzene ring substituents is 1. The standard InChI is InChI=1S/C13H11ClN4O3/c1-17(13(19)12-7-15-4-5-16-12)8-9-6-10(18(20)21)2-3-11(9)14/h2-7H,8H2,1H3. The summed E-state index contributed by atoms with van der Waals surface area (Å²) in [6, 6.07) is 4.11. The topological polar surface area (TPSA) is 89.2 Å². The van der Waals surface area contributed by atoms with Crippen LogP contribution >= 0.6 is 11.6 Å². The maximum absolute atomic E-state index is 12.1. The van der Waals surface area contributed by atoms with Crippen LogP contribution in [0.4, 0.5) is 5.69 Å². The first kappa shape index (κ1) is 14.9. The minimum atomic E-state index is -0.510. The third-order valence-corrected chi connectivity index (χ3v) is 3.15. The number of nitro benzene ring substituents is 1. The molecule has 0 bridgehead atoms. The van der Waals surface area contributed by atoms with Gasteiger partial charge in [-0.2, -0.15) is 0 Å². The van der Waals surface area contributed by atoms with E-state index in [9.17, 15) is 14.9 Å². The molecule has 0 atom stereocenters. The summed E-state index contributed by atoms with van der Waals surface area (Å²) in [5.74, 6) is -0.342. The molecule has 7 nitrogen and oxygen atoms in total. The summed E-state index contributed by atoms with van der Waals surface area (Å²) >= 11 is 6.01. The molecule has 1 aromatic heterocycles. The average molecular weight is 307 g/mol. The zero-order valence-corrected chi connectivity index (χ0v) is 11.8. The first-order chi connectivity index (χ1) is 9.99. The molecular formula is C13H11ClN4O3. The summed E-state index contributed by atoms with van der Waals surface area (Å²) in [7, 11) is 1.56. The first-order valence-electron chi connectivity index (χ1n) is 5.93. The molecular weight excluding hydrogens is 296 g/mol. The van der Waals surface area contributed by atoms with Crippen molar-refractivity contribution in [1.29, 1.82) is 0 Å². The highest BCUT2D eigenvalue weighted by molar-refractivity contribution is 6.31. The van der Waals surface area contributed by atoms with E-state index in [-0.39, 0.29) is 23.8 Å². The number of hydrogen-bond acceptors (Lipinski definition) is 5. The van der Waals surface area contributed by atoms with Crippen LogP contribution in [0.25, 0.3) is 0 Å². The quantitative estimate of drug-likeness (QED) is 0.638. The van der Waals surface area contributed by atoms with E-state index in [1.165, 1.54) is 41.7 Å². The summed E-state index contributed by atoms with van der Waals surface area (Å²) in [5.41, 5.74) is 0.613. The fraction of sp³-hybridized carbons (Fsp3) is 0.154. The van der Waals surface area contributed by atoms with E-state index < -0.39 is 4.92 Å². The Morgan fingerprint density at radius 1 is 1.43 bits per heavy atom. The molecule has 0 spiro atoms. The molecule has 0 unspecified atom stereocenters. The highest BCUT2D eigenvalue weighted by Gasteiger charge is 2.16. The van der Waals surface area contributed by atoms with Crippen molar-refractivity contribution in [2.45, 2.75) is 6.54 Å². The summed E-state index contributed by atoms with van der Waals surface area (Å²) in [4.78, 5) is 31.5. The fourth-order valence-corrected chi connectivity index (χ4v) is 1.91. The van der Waals surface area contributed by atoms with Crippen LogP contribution in [0.3, 0.4) is 0 Å². The lowest BCUT2D eigenvalue weighted by molar-refractivity contribution is -0.384. The molecule has 2 rings (SSSR count). The lowest BCUT2D eigenvalue weighted by Crippen LogP contribution is -2.27. The van der Waals surface area contributed by atoms with Gasteiger partial charge in [0, 0.05) is 43.1 Å². The third-order valence-electron chi connectivity index (χ3n) is 2.78. The van der Waals surface area contributed by atoms with E-state index in [4.69, 9.17) is 11.6 Å². The van der Waals surface area contributed by atoms with Gasteiger partial charge in [0.1, 0.15) is 5.69 Å². The number of nitro groups is 1.